The van der Waals surface area contributed by atoms with Gasteiger partial charge in [-0.3, -0.25) is 0 Å². The van der Waals surface area contributed by atoms with E-state index in [2.05, 4.69) is 4.99 Å². The minimum atomic E-state index is 0.560. The van der Waals surface area contributed by atoms with E-state index in [1.165, 1.54) is 11.8 Å². The van der Waals surface area contributed by atoms with Crippen molar-refractivity contribution in [2.45, 2.75) is 0 Å². The molecule has 0 spiro atoms. The van der Waals surface area contributed by atoms with Crippen LogP contribution in [0.3, 0.4) is 0 Å². The number of benzene rings is 1. The summed E-state index contributed by atoms with van der Waals surface area (Å²) >= 11 is 1.43. The lowest BCUT2D eigenvalue weighted by Gasteiger charge is -1.99. The van der Waals surface area contributed by atoms with Crippen LogP contribution >= 0.6 is 11.8 Å². The lowest BCUT2D eigenvalue weighted by molar-refractivity contribution is 0.415. The van der Waals surface area contributed by atoms with E-state index in [4.69, 9.17) is 10.5 Å². The van der Waals surface area contributed by atoms with Gasteiger partial charge in [-0.05, 0) is 30.5 Å². The maximum Gasteiger partial charge on any atom is 0.158 e. The van der Waals surface area contributed by atoms with Gasteiger partial charge in [0.05, 0.1) is 12.8 Å². The number of ether oxygens (including phenoxy) is 1. The Kier molecular flexibility index (Phi) is 3.64. The summed E-state index contributed by atoms with van der Waals surface area (Å²) in [7, 11) is 1.63. The molecule has 0 unspecified atom stereocenters. The average Bonchev–Trinajstić information content (AvgIpc) is 2.19. The van der Waals surface area contributed by atoms with Gasteiger partial charge in [-0.1, -0.05) is 11.8 Å². The van der Waals surface area contributed by atoms with Gasteiger partial charge in [-0.15, -0.1) is 0 Å². The number of nitrogens with zero attached hydrogens (tertiary/aromatic N) is 1. The Hall–Kier alpha value is -1.16. The summed E-state index contributed by atoms with van der Waals surface area (Å²) in [6.07, 6.45) is 1.89. The molecule has 1 aromatic carbocycles. The van der Waals surface area contributed by atoms with Crippen molar-refractivity contribution in [2.75, 3.05) is 13.4 Å². The minimum Gasteiger partial charge on any atom is -0.497 e. The number of aliphatic imine (C=N–C) groups is 1. The maximum atomic E-state index is 5.56. The zero-order valence-corrected chi connectivity index (χ0v) is 8.47. The molecule has 0 atom stereocenters. The van der Waals surface area contributed by atoms with Gasteiger partial charge in [0.2, 0.25) is 0 Å². The molecule has 0 bridgehead atoms. The highest BCUT2D eigenvalue weighted by molar-refractivity contribution is 8.13. The molecule has 1 rings (SSSR count). The monoisotopic (exact) mass is 196 g/mol. The first-order valence-electron chi connectivity index (χ1n) is 3.78. The third kappa shape index (κ3) is 2.99. The van der Waals surface area contributed by atoms with E-state index in [-0.39, 0.29) is 0 Å². The molecule has 70 valence electrons. The number of nitrogens with two attached hydrogens (primary N) is 1. The second-order valence-corrected chi connectivity index (χ2v) is 3.18. The van der Waals surface area contributed by atoms with Crippen LogP contribution in [0.25, 0.3) is 0 Å². The van der Waals surface area contributed by atoms with Crippen molar-refractivity contribution in [3.63, 3.8) is 0 Å². The van der Waals surface area contributed by atoms with Crippen LogP contribution in [0.4, 0.5) is 5.69 Å². The molecule has 0 aromatic heterocycles. The lowest BCUT2D eigenvalue weighted by Crippen LogP contribution is -2.03. The molecular formula is C9H12N2OS. The Bertz CT molecular complexity index is 295. The maximum absolute atomic E-state index is 5.56. The number of thioether (sulfide) groups is 1. The molecule has 0 radical (unpaired) electrons. The summed E-state index contributed by atoms with van der Waals surface area (Å²) in [6, 6.07) is 7.43. The van der Waals surface area contributed by atoms with Crippen LogP contribution in [0.1, 0.15) is 0 Å². The molecule has 4 heteroatoms. The molecular weight excluding hydrogens is 184 g/mol. The number of hydrogen-bond donors (Lipinski definition) is 1. The van der Waals surface area contributed by atoms with E-state index < -0.39 is 0 Å². The molecule has 0 amide bonds. The fourth-order valence-corrected chi connectivity index (χ4v) is 1.03. The second-order valence-electron chi connectivity index (χ2n) is 2.35. The smallest absolute Gasteiger partial charge is 0.158 e. The average molecular weight is 196 g/mol. The van der Waals surface area contributed by atoms with Crippen molar-refractivity contribution >= 4 is 22.6 Å². The van der Waals surface area contributed by atoms with Crippen molar-refractivity contribution in [2.24, 2.45) is 10.7 Å². The molecule has 0 fully saturated rings. The van der Waals surface area contributed by atoms with Crippen molar-refractivity contribution in [3.8, 4) is 5.75 Å². The predicted octanol–water partition coefficient (Wildman–Crippen LogP) is 2.00. The summed E-state index contributed by atoms with van der Waals surface area (Å²) in [5, 5.41) is 0.560. The fraction of sp³-hybridized carbons (Fsp3) is 0.222. The number of rotatable bonds is 2. The van der Waals surface area contributed by atoms with Crippen LogP contribution in [0.15, 0.2) is 29.3 Å². The largest absolute Gasteiger partial charge is 0.497 e. The first-order chi connectivity index (χ1) is 6.26. The number of hydrogen-bond acceptors (Lipinski definition) is 3. The molecule has 3 nitrogen and oxygen atoms in total. The summed E-state index contributed by atoms with van der Waals surface area (Å²) in [5.41, 5.74) is 6.40. The highest BCUT2D eigenvalue weighted by Gasteiger charge is 1.92. The Balaban J connectivity index is 2.80. The van der Waals surface area contributed by atoms with Crippen molar-refractivity contribution in [1.82, 2.24) is 0 Å². The van der Waals surface area contributed by atoms with E-state index >= 15 is 0 Å². The Morgan fingerprint density at radius 1 is 1.38 bits per heavy atom. The fourth-order valence-electron chi connectivity index (χ4n) is 0.830. The molecule has 0 aliphatic heterocycles. The topological polar surface area (TPSA) is 47.6 Å². The van der Waals surface area contributed by atoms with Crippen LogP contribution < -0.4 is 10.5 Å². The summed E-state index contributed by atoms with van der Waals surface area (Å²) in [5.74, 6) is 0.821. The van der Waals surface area contributed by atoms with Gasteiger partial charge >= 0.3 is 0 Å². The van der Waals surface area contributed by atoms with Crippen LogP contribution in [0, 0.1) is 0 Å². The third-order valence-electron chi connectivity index (χ3n) is 1.52. The van der Waals surface area contributed by atoms with Crippen LogP contribution in [-0.2, 0) is 0 Å². The van der Waals surface area contributed by atoms with E-state index in [0.29, 0.717) is 5.17 Å². The minimum absolute atomic E-state index is 0.560. The summed E-state index contributed by atoms with van der Waals surface area (Å²) in [6.45, 7) is 0. The molecule has 0 heterocycles. The quantitative estimate of drug-likeness (QED) is 0.581. The third-order valence-corrected chi connectivity index (χ3v) is 2.03. The second kappa shape index (κ2) is 4.77. The molecule has 0 aliphatic rings. The summed E-state index contributed by atoms with van der Waals surface area (Å²) < 4.78 is 5.02. The van der Waals surface area contributed by atoms with E-state index in [9.17, 15) is 0 Å². The van der Waals surface area contributed by atoms with Crippen LogP contribution in [-0.4, -0.2) is 18.5 Å². The molecule has 13 heavy (non-hydrogen) atoms. The highest BCUT2D eigenvalue weighted by Crippen LogP contribution is 2.18. The SMILES string of the molecule is COc1ccc(N=C(N)SC)cc1. The Morgan fingerprint density at radius 3 is 2.46 bits per heavy atom. The van der Waals surface area contributed by atoms with E-state index in [1.54, 1.807) is 7.11 Å². The Morgan fingerprint density at radius 2 is 2.00 bits per heavy atom. The van der Waals surface area contributed by atoms with Gasteiger partial charge in [0.25, 0.3) is 0 Å². The number of amidine groups is 1. The van der Waals surface area contributed by atoms with E-state index in [1.807, 2.05) is 30.5 Å². The zero-order chi connectivity index (χ0) is 9.68. The predicted molar refractivity (Wildman–Crippen MR) is 57.8 cm³/mol. The molecule has 2 N–H and O–H groups in total. The van der Waals surface area contributed by atoms with E-state index in [0.717, 1.165) is 11.4 Å². The van der Waals surface area contributed by atoms with Crippen LogP contribution in [0.2, 0.25) is 0 Å². The normalized spacial score (nSPS) is 11.4. The van der Waals surface area contributed by atoms with Crippen LogP contribution in [0.5, 0.6) is 5.75 Å². The first-order valence-corrected chi connectivity index (χ1v) is 5.01. The van der Waals surface area contributed by atoms with Gasteiger partial charge in [0, 0.05) is 0 Å². The van der Waals surface area contributed by atoms with Gasteiger partial charge in [0.1, 0.15) is 5.75 Å². The zero-order valence-electron chi connectivity index (χ0n) is 7.65. The van der Waals surface area contributed by atoms with Gasteiger partial charge in [-0.25, -0.2) is 4.99 Å². The highest BCUT2D eigenvalue weighted by atomic mass is 32.2. The molecule has 1 aromatic rings. The van der Waals surface area contributed by atoms with Crippen molar-refractivity contribution in [3.05, 3.63) is 24.3 Å². The first kappa shape index (κ1) is 9.92. The molecule has 0 saturated carbocycles. The summed E-state index contributed by atoms with van der Waals surface area (Å²) in [4.78, 5) is 4.15. The van der Waals surface area contributed by atoms with Crippen molar-refractivity contribution < 1.29 is 4.74 Å². The molecule has 0 aliphatic carbocycles. The van der Waals surface area contributed by atoms with Gasteiger partial charge in [-0.2, -0.15) is 0 Å². The van der Waals surface area contributed by atoms with Gasteiger partial charge < -0.3 is 10.5 Å². The van der Waals surface area contributed by atoms with Gasteiger partial charge in [0.15, 0.2) is 5.17 Å². The molecule has 0 saturated heterocycles. The Labute approximate surface area is 82.0 Å². The standard InChI is InChI=1S/C9H12N2OS/c1-12-8-5-3-7(4-6-8)11-9(10)13-2/h3-6H,1-2H3,(H2,10,11). The lowest BCUT2D eigenvalue weighted by atomic mass is 10.3. The number of methoxy groups -OCH3 is 1. The van der Waals surface area contributed by atoms with Crippen molar-refractivity contribution in [1.29, 1.82) is 0 Å².